The lowest BCUT2D eigenvalue weighted by molar-refractivity contribution is -0.0749. The Balaban J connectivity index is 2.14. The van der Waals surface area contributed by atoms with Crippen LogP contribution in [0.3, 0.4) is 0 Å². The zero-order valence-corrected chi connectivity index (χ0v) is 26.9. The number of carbonyl (C=O) groups is 1. The van der Waals surface area contributed by atoms with Gasteiger partial charge in [-0.15, -0.1) is 0 Å². The average Bonchev–Trinajstić information content (AvgIpc) is 3.13. The number of hydrogen-bond acceptors (Lipinski definition) is 8. The Bertz CT molecular complexity index is 1090. The van der Waals surface area contributed by atoms with Crippen LogP contribution >= 0.6 is 0 Å². The molecule has 0 unspecified atom stereocenters. The van der Waals surface area contributed by atoms with Gasteiger partial charge in [0.1, 0.15) is 12.2 Å². The third-order valence-corrected chi connectivity index (χ3v) is 18.5. The number of urea groups is 1. The Morgan fingerprint density at radius 3 is 2.19 bits per heavy atom. The van der Waals surface area contributed by atoms with Crippen LogP contribution in [0.25, 0.3) is 0 Å². The van der Waals surface area contributed by atoms with E-state index in [1.807, 2.05) is 6.92 Å². The molecule has 2 amide bonds. The van der Waals surface area contributed by atoms with Gasteiger partial charge in [0.15, 0.2) is 28.5 Å². The highest BCUT2D eigenvalue weighted by atomic mass is 32.2. The minimum atomic E-state index is -4.11. The molecule has 3 aliphatic rings. The summed E-state index contributed by atoms with van der Waals surface area (Å²) in [6, 6.07) is -0.371. The van der Waals surface area contributed by atoms with E-state index in [4.69, 9.17) is 23.5 Å². The van der Waals surface area contributed by atoms with E-state index in [0.29, 0.717) is 0 Å². The van der Waals surface area contributed by atoms with E-state index >= 15 is 0 Å². The van der Waals surface area contributed by atoms with Gasteiger partial charge >= 0.3 is 6.03 Å². The molecule has 1 fully saturated rings. The van der Waals surface area contributed by atoms with Crippen LogP contribution in [0.4, 0.5) is 4.79 Å². The molecule has 13 heteroatoms. The number of nitrogens with one attached hydrogen (secondary N) is 1. The molecule has 4 atom stereocenters. The summed E-state index contributed by atoms with van der Waals surface area (Å²) < 4.78 is 51.3. The van der Waals surface area contributed by atoms with Gasteiger partial charge in [0, 0.05) is 12.7 Å². The molecular formula is C24H45N3O7SSi2. The van der Waals surface area contributed by atoms with Crippen molar-refractivity contribution in [3.05, 3.63) is 22.9 Å². The van der Waals surface area contributed by atoms with Crippen molar-refractivity contribution in [1.29, 1.82) is 0 Å². The molecule has 10 nitrogen and oxygen atoms in total. The first-order chi connectivity index (χ1) is 16.5. The fourth-order valence-electron chi connectivity index (χ4n) is 4.10. The zero-order valence-electron chi connectivity index (χ0n) is 24.1. The summed E-state index contributed by atoms with van der Waals surface area (Å²) in [4.78, 5) is 14.5. The monoisotopic (exact) mass is 575 g/mol. The summed E-state index contributed by atoms with van der Waals surface area (Å²) >= 11 is 0. The van der Waals surface area contributed by atoms with Crippen molar-refractivity contribution in [3.63, 3.8) is 0 Å². The second kappa shape index (κ2) is 9.45. The first-order valence-electron chi connectivity index (χ1n) is 12.7. The number of nitrogens with two attached hydrogens (primary N) is 1. The molecule has 0 aromatic carbocycles. The molecule has 1 saturated heterocycles. The van der Waals surface area contributed by atoms with Gasteiger partial charge in [0.2, 0.25) is 0 Å². The van der Waals surface area contributed by atoms with Gasteiger partial charge in [0.25, 0.3) is 10.1 Å². The van der Waals surface area contributed by atoms with Gasteiger partial charge in [0.05, 0.1) is 17.7 Å². The standard InChI is InChI=1S/C24H45N3O7SSi2/c1-16-12-26-21(28)27(13-16)20-19(33-37(10,11)23(5,6)7)24(17(25)15-35(29,30)34-24)18(32-20)14-31-36(8,9)22(2,3)4/h12,15,18-20H,13-14,25H2,1-11H3,(H,26,28)/t18-,19+,20-,24-/m1/s1. The van der Waals surface area contributed by atoms with Crippen molar-refractivity contribution in [1.82, 2.24) is 10.2 Å². The SMILES string of the molecule is CC1=CNC(=O)N([C@@H]2O[C@H](CO[Si](C)(C)C(C)(C)C)[C@@]3(OS(=O)(=O)C=C3N)[C@H]2O[Si](C)(C)C(C)(C)C)C1. The van der Waals surface area contributed by atoms with Crippen LogP contribution < -0.4 is 11.1 Å². The minimum absolute atomic E-state index is 0.00720. The van der Waals surface area contributed by atoms with E-state index in [1.54, 1.807) is 6.20 Å². The fourth-order valence-corrected chi connectivity index (χ4v) is 7.61. The van der Waals surface area contributed by atoms with Gasteiger partial charge < -0.3 is 24.6 Å². The molecule has 3 N–H and O–H groups in total. The van der Waals surface area contributed by atoms with Gasteiger partial charge in [-0.3, -0.25) is 4.90 Å². The van der Waals surface area contributed by atoms with Gasteiger partial charge in [-0.05, 0) is 48.8 Å². The summed E-state index contributed by atoms with van der Waals surface area (Å²) in [5.74, 6) is 0. The molecule has 37 heavy (non-hydrogen) atoms. The third kappa shape index (κ3) is 5.59. The van der Waals surface area contributed by atoms with Crippen molar-refractivity contribution in [3.8, 4) is 0 Å². The molecule has 0 bridgehead atoms. The molecule has 3 aliphatic heterocycles. The van der Waals surface area contributed by atoms with E-state index < -0.39 is 50.8 Å². The number of carbonyl (C=O) groups excluding carboxylic acids is 1. The molecule has 0 aliphatic carbocycles. The predicted molar refractivity (Wildman–Crippen MR) is 148 cm³/mol. The van der Waals surface area contributed by atoms with Crippen molar-refractivity contribution in [2.45, 2.75) is 109 Å². The number of hydrogen-bond donors (Lipinski definition) is 2. The summed E-state index contributed by atoms with van der Waals surface area (Å²) in [6.07, 6.45) is -1.22. The number of nitrogens with zero attached hydrogens (tertiary/aromatic N) is 1. The maximum Gasteiger partial charge on any atom is 0.323 e. The molecule has 3 heterocycles. The summed E-state index contributed by atoms with van der Waals surface area (Å²) in [5, 5.41) is 3.37. The van der Waals surface area contributed by atoms with Crippen molar-refractivity contribution >= 4 is 32.8 Å². The van der Waals surface area contributed by atoms with E-state index in [0.717, 1.165) is 11.0 Å². The fraction of sp³-hybridized carbons (Fsp3) is 0.792. The molecule has 0 aromatic rings. The summed E-state index contributed by atoms with van der Waals surface area (Å²) in [5.41, 5.74) is 5.71. The molecule has 3 rings (SSSR count). The van der Waals surface area contributed by atoms with Crippen LogP contribution in [-0.4, -0.2) is 73.2 Å². The van der Waals surface area contributed by atoms with Crippen LogP contribution in [0.2, 0.25) is 36.3 Å². The van der Waals surface area contributed by atoms with E-state index in [9.17, 15) is 13.2 Å². The van der Waals surface area contributed by atoms with E-state index in [2.05, 4.69) is 73.0 Å². The predicted octanol–water partition coefficient (Wildman–Crippen LogP) is 3.95. The lowest BCUT2D eigenvalue weighted by atomic mass is 9.89. The smallest absolute Gasteiger partial charge is 0.323 e. The first-order valence-corrected chi connectivity index (χ1v) is 20.0. The van der Waals surface area contributed by atoms with Gasteiger partial charge in [-0.25, -0.2) is 8.98 Å². The summed E-state index contributed by atoms with van der Waals surface area (Å²) in [7, 11) is -8.92. The Labute approximate surface area is 224 Å². The lowest BCUT2D eigenvalue weighted by Crippen LogP contribution is -2.62. The zero-order chi connectivity index (χ0) is 28.4. The van der Waals surface area contributed by atoms with E-state index in [-0.39, 0.29) is 35.0 Å². The highest BCUT2D eigenvalue weighted by Gasteiger charge is 2.68. The van der Waals surface area contributed by atoms with Crippen molar-refractivity contribution in [2.24, 2.45) is 5.73 Å². The van der Waals surface area contributed by atoms with Crippen molar-refractivity contribution in [2.75, 3.05) is 13.2 Å². The van der Waals surface area contributed by atoms with Gasteiger partial charge in [-0.2, -0.15) is 8.42 Å². The molecule has 1 spiro atoms. The largest absolute Gasteiger partial charge is 0.414 e. The Kier molecular flexibility index (Phi) is 7.75. The van der Waals surface area contributed by atoms with Crippen LogP contribution in [0, 0.1) is 0 Å². The van der Waals surface area contributed by atoms with Crippen LogP contribution in [-0.2, 0) is 27.9 Å². The minimum Gasteiger partial charge on any atom is -0.414 e. The molecular weight excluding hydrogens is 531 g/mol. The number of amides is 2. The molecule has 0 saturated carbocycles. The number of ether oxygens (including phenoxy) is 1. The quantitative estimate of drug-likeness (QED) is 0.360. The molecule has 0 aromatic heterocycles. The maximum atomic E-state index is 13.0. The van der Waals surface area contributed by atoms with Crippen LogP contribution in [0.15, 0.2) is 22.9 Å². The first kappa shape index (κ1) is 30.3. The molecule has 212 valence electrons. The van der Waals surface area contributed by atoms with Crippen LogP contribution in [0.5, 0.6) is 0 Å². The van der Waals surface area contributed by atoms with Gasteiger partial charge in [-0.1, -0.05) is 41.5 Å². The summed E-state index contributed by atoms with van der Waals surface area (Å²) in [6.45, 7) is 23.2. The van der Waals surface area contributed by atoms with Crippen molar-refractivity contribution < 1.29 is 31.0 Å². The lowest BCUT2D eigenvalue weighted by Gasteiger charge is -2.45. The Morgan fingerprint density at radius 2 is 1.70 bits per heavy atom. The third-order valence-electron chi connectivity index (χ3n) is 8.50. The molecule has 0 radical (unpaired) electrons. The Hall–Kier alpha value is -1.23. The maximum absolute atomic E-state index is 13.0. The topological polar surface area (TPSA) is 129 Å². The Morgan fingerprint density at radius 1 is 1.14 bits per heavy atom. The van der Waals surface area contributed by atoms with Crippen LogP contribution in [0.1, 0.15) is 48.5 Å². The average molecular weight is 576 g/mol. The normalized spacial score (nSPS) is 30.9. The van der Waals surface area contributed by atoms with E-state index in [1.165, 1.54) is 4.90 Å². The highest BCUT2D eigenvalue weighted by Crippen LogP contribution is 2.50. The second-order valence-corrected chi connectivity index (χ2v) is 24.3. The number of rotatable bonds is 6. The highest BCUT2D eigenvalue weighted by molar-refractivity contribution is 7.90. The second-order valence-electron chi connectivity index (χ2n) is 13.4.